The molecule has 1 saturated carbocycles. The number of benzene rings is 1. The summed E-state index contributed by atoms with van der Waals surface area (Å²) in [6.45, 7) is 2.04. The number of halogens is 7. The van der Waals surface area contributed by atoms with Crippen LogP contribution in [0.1, 0.15) is 52.9 Å². The van der Waals surface area contributed by atoms with E-state index < -0.39 is 35.0 Å². The normalized spacial score (nSPS) is 18.2. The Labute approximate surface area is 211 Å². The van der Waals surface area contributed by atoms with Crippen LogP contribution in [0.3, 0.4) is 0 Å². The number of alkyl halides is 6. The molecule has 0 atom stereocenters. The van der Waals surface area contributed by atoms with Gasteiger partial charge in [0.1, 0.15) is 5.82 Å². The number of rotatable bonds is 6. The molecule has 0 radical (unpaired) electrons. The second kappa shape index (κ2) is 11.5. The summed E-state index contributed by atoms with van der Waals surface area (Å²) < 4.78 is 78.2. The van der Waals surface area contributed by atoms with Crippen molar-refractivity contribution in [3.8, 4) is 0 Å². The molecule has 36 heavy (non-hydrogen) atoms. The van der Waals surface area contributed by atoms with Gasteiger partial charge in [0.2, 0.25) is 5.95 Å². The Bertz CT molecular complexity index is 1020. The van der Waals surface area contributed by atoms with E-state index >= 15 is 0 Å². The smallest absolute Gasteiger partial charge is 0.363 e. The number of nitrogens with one attached hydrogen (secondary N) is 2. The predicted octanol–water partition coefficient (Wildman–Crippen LogP) is 5.71. The van der Waals surface area contributed by atoms with Crippen LogP contribution >= 0.6 is 12.4 Å². The highest BCUT2D eigenvalue weighted by atomic mass is 35.5. The zero-order valence-corrected chi connectivity index (χ0v) is 20.7. The standard InChI is InChI=1S/C23H27F6N5O.ClH/c1-13-8-19(34(2)3)33-21(31-13)32-18-6-4-14(5-7-18)12-30-20(35)15-9-16(22(24,25)26)11-17(10-15)23(27,28)29;/h8-11,14,18H,4-7,12H2,1-3H3,(H,30,35)(H,31,32,33);1H. The van der Waals surface area contributed by atoms with Crippen molar-refractivity contribution < 1.29 is 31.1 Å². The molecule has 200 valence electrons. The molecule has 1 aromatic heterocycles. The van der Waals surface area contributed by atoms with Crippen LogP contribution < -0.4 is 15.5 Å². The summed E-state index contributed by atoms with van der Waals surface area (Å²) >= 11 is 0. The Balaban J connectivity index is 0.00000456. The first kappa shape index (κ1) is 29.5. The van der Waals surface area contributed by atoms with Gasteiger partial charge < -0.3 is 15.5 Å². The van der Waals surface area contributed by atoms with Crippen LogP contribution in [0.25, 0.3) is 0 Å². The maximum atomic E-state index is 13.0. The lowest BCUT2D eigenvalue weighted by Gasteiger charge is -2.29. The van der Waals surface area contributed by atoms with Gasteiger partial charge in [-0.15, -0.1) is 12.4 Å². The van der Waals surface area contributed by atoms with E-state index in [1.807, 2.05) is 32.0 Å². The minimum Gasteiger partial charge on any atom is -0.363 e. The first-order chi connectivity index (χ1) is 16.2. The second-order valence-corrected chi connectivity index (χ2v) is 8.95. The van der Waals surface area contributed by atoms with Gasteiger partial charge in [-0.2, -0.15) is 31.3 Å². The fourth-order valence-corrected chi connectivity index (χ4v) is 3.96. The maximum Gasteiger partial charge on any atom is 0.416 e. The number of carbonyl (C=O) groups excluding carboxylic acids is 1. The van der Waals surface area contributed by atoms with Gasteiger partial charge in [-0.1, -0.05) is 0 Å². The molecule has 3 rings (SSSR count). The molecule has 1 aliphatic rings. The molecule has 13 heteroatoms. The maximum absolute atomic E-state index is 13.0. The minimum atomic E-state index is -5.00. The molecule has 1 amide bonds. The molecule has 1 aliphatic carbocycles. The first-order valence-electron chi connectivity index (χ1n) is 11.1. The number of carbonyl (C=O) groups is 1. The van der Waals surface area contributed by atoms with Gasteiger partial charge in [0.25, 0.3) is 5.91 Å². The van der Waals surface area contributed by atoms with E-state index in [0.29, 0.717) is 18.1 Å². The highest BCUT2D eigenvalue weighted by Gasteiger charge is 2.37. The zero-order chi connectivity index (χ0) is 26.0. The predicted molar refractivity (Wildman–Crippen MR) is 126 cm³/mol. The van der Waals surface area contributed by atoms with Gasteiger partial charge in [0.05, 0.1) is 11.1 Å². The van der Waals surface area contributed by atoms with E-state index in [1.54, 1.807) is 0 Å². The fourth-order valence-electron chi connectivity index (χ4n) is 3.96. The lowest BCUT2D eigenvalue weighted by atomic mass is 9.86. The molecular formula is C23H28ClF6N5O. The molecule has 2 N–H and O–H groups in total. The molecule has 2 aromatic rings. The van der Waals surface area contributed by atoms with Gasteiger partial charge in [-0.05, 0) is 56.7 Å². The van der Waals surface area contributed by atoms with E-state index in [-0.39, 0.29) is 37.0 Å². The Kier molecular flexibility index (Phi) is 9.44. The monoisotopic (exact) mass is 539 g/mol. The van der Waals surface area contributed by atoms with Crippen molar-refractivity contribution in [1.29, 1.82) is 0 Å². The van der Waals surface area contributed by atoms with Crippen molar-refractivity contribution in [2.45, 2.75) is 51.0 Å². The number of amides is 1. The molecule has 6 nitrogen and oxygen atoms in total. The van der Waals surface area contributed by atoms with Gasteiger partial charge >= 0.3 is 12.4 Å². The number of nitrogens with zero attached hydrogens (tertiary/aromatic N) is 3. The summed E-state index contributed by atoms with van der Waals surface area (Å²) in [7, 11) is 3.77. The lowest BCUT2D eigenvalue weighted by molar-refractivity contribution is -0.143. The van der Waals surface area contributed by atoms with E-state index in [0.717, 1.165) is 37.2 Å². The average Bonchev–Trinajstić information content (AvgIpc) is 2.76. The van der Waals surface area contributed by atoms with Crippen molar-refractivity contribution in [2.75, 3.05) is 30.9 Å². The van der Waals surface area contributed by atoms with Gasteiger partial charge in [0, 0.05) is 44.0 Å². The van der Waals surface area contributed by atoms with Crippen molar-refractivity contribution in [3.63, 3.8) is 0 Å². The van der Waals surface area contributed by atoms with Gasteiger partial charge in [-0.3, -0.25) is 4.79 Å². The Hall–Kier alpha value is -2.76. The first-order valence-corrected chi connectivity index (χ1v) is 11.1. The Morgan fingerprint density at radius 1 is 0.944 bits per heavy atom. The minimum absolute atomic E-state index is 0. The molecule has 0 aliphatic heterocycles. The number of aryl methyl sites for hydroxylation is 1. The third-order valence-electron chi connectivity index (χ3n) is 5.88. The number of aromatic nitrogens is 2. The van der Waals surface area contributed by atoms with Gasteiger partial charge in [0.15, 0.2) is 0 Å². The summed E-state index contributed by atoms with van der Waals surface area (Å²) in [5.74, 6) is 0.391. The van der Waals surface area contributed by atoms with Crippen LogP contribution in [0.15, 0.2) is 24.3 Å². The summed E-state index contributed by atoms with van der Waals surface area (Å²) in [4.78, 5) is 23.1. The van der Waals surface area contributed by atoms with Crippen LogP contribution in [-0.4, -0.2) is 42.6 Å². The summed E-state index contributed by atoms with van der Waals surface area (Å²) in [5.41, 5.74) is -2.87. The van der Waals surface area contributed by atoms with Gasteiger partial charge in [-0.25, -0.2) is 4.98 Å². The Morgan fingerprint density at radius 3 is 2.00 bits per heavy atom. The van der Waals surface area contributed by atoms with Crippen LogP contribution in [-0.2, 0) is 12.4 Å². The van der Waals surface area contributed by atoms with E-state index in [4.69, 9.17) is 0 Å². The third kappa shape index (κ3) is 7.87. The van der Waals surface area contributed by atoms with Crippen LogP contribution in [0.5, 0.6) is 0 Å². The van der Waals surface area contributed by atoms with Crippen LogP contribution in [0, 0.1) is 12.8 Å². The van der Waals surface area contributed by atoms with Crippen molar-refractivity contribution >= 4 is 30.1 Å². The largest absolute Gasteiger partial charge is 0.416 e. The van der Waals surface area contributed by atoms with Crippen molar-refractivity contribution in [3.05, 3.63) is 46.6 Å². The second-order valence-electron chi connectivity index (χ2n) is 8.95. The molecule has 1 fully saturated rings. The highest BCUT2D eigenvalue weighted by molar-refractivity contribution is 5.94. The SMILES string of the molecule is Cc1cc(N(C)C)nc(NC2CCC(CNC(=O)c3cc(C(F)(F)F)cc(C(F)(F)F)c3)CC2)n1.Cl. The summed E-state index contributed by atoms with van der Waals surface area (Å²) in [5, 5.41) is 5.81. The number of hydrogen-bond acceptors (Lipinski definition) is 5. The topological polar surface area (TPSA) is 70.2 Å². The van der Waals surface area contributed by atoms with E-state index in [2.05, 4.69) is 20.6 Å². The summed E-state index contributed by atoms with van der Waals surface area (Å²) in [6, 6.07) is 2.87. The molecule has 1 heterocycles. The highest BCUT2D eigenvalue weighted by Crippen LogP contribution is 2.36. The molecule has 0 spiro atoms. The van der Waals surface area contributed by atoms with E-state index in [9.17, 15) is 31.1 Å². The molecule has 0 unspecified atom stereocenters. The molecule has 1 aromatic carbocycles. The quantitative estimate of drug-likeness (QED) is 0.460. The van der Waals surface area contributed by atoms with Crippen LogP contribution in [0.2, 0.25) is 0 Å². The molecule has 0 saturated heterocycles. The number of anilines is 2. The van der Waals surface area contributed by atoms with Crippen molar-refractivity contribution in [1.82, 2.24) is 15.3 Å². The van der Waals surface area contributed by atoms with Crippen LogP contribution in [0.4, 0.5) is 38.1 Å². The van der Waals surface area contributed by atoms with E-state index in [1.165, 1.54) is 0 Å². The van der Waals surface area contributed by atoms with Crippen molar-refractivity contribution in [2.24, 2.45) is 5.92 Å². The fraction of sp³-hybridized carbons (Fsp3) is 0.522. The third-order valence-corrected chi connectivity index (χ3v) is 5.88. The zero-order valence-electron chi connectivity index (χ0n) is 19.9. The lowest BCUT2D eigenvalue weighted by Crippen LogP contribution is -2.34. The molecule has 0 bridgehead atoms. The average molecular weight is 540 g/mol. The Morgan fingerprint density at radius 2 is 1.50 bits per heavy atom. The number of hydrogen-bond donors (Lipinski definition) is 2. The summed E-state index contributed by atoms with van der Waals surface area (Å²) in [6.07, 6.45) is -7.04. The molecular weight excluding hydrogens is 512 g/mol.